The van der Waals surface area contributed by atoms with E-state index in [1.165, 1.54) is 21.9 Å². The lowest BCUT2D eigenvalue weighted by Gasteiger charge is -2.31. The molecule has 138 valence electrons. The second kappa shape index (κ2) is 7.83. The highest BCUT2D eigenvalue weighted by atomic mass is 32.2. The third kappa shape index (κ3) is 4.02. The van der Waals surface area contributed by atoms with Crippen LogP contribution in [0, 0.1) is 0 Å². The zero-order valence-corrected chi connectivity index (χ0v) is 14.6. The van der Waals surface area contributed by atoms with E-state index in [2.05, 4.69) is 5.32 Å². The molecule has 3 rings (SSSR count). The summed E-state index contributed by atoms with van der Waals surface area (Å²) in [5.41, 5.74) is 1.54. The van der Waals surface area contributed by atoms with Crippen LogP contribution in [-0.2, 0) is 14.8 Å². The minimum Gasteiger partial charge on any atom is -0.457 e. The van der Waals surface area contributed by atoms with Gasteiger partial charge in [0.1, 0.15) is 17.5 Å². The predicted molar refractivity (Wildman–Crippen MR) is 93.4 cm³/mol. The van der Waals surface area contributed by atoms with Crippen LogP contribution in [0.2, 0.25) is 0 Å². The molecule has 1 unspecified atom stereocenters. The maximum Gasteiger partial charge on any atom is 0.261 e. The van der Waals surface area contributed by atoms with Crippen molar-refractivity contribution in [2.45, 2.75) is 10.9 Å². The smallest absolute Gasteiger partial charge is 0.261 e. The Morgan fingerprint density at radius 1 is 1.12 bits per heavy atom. The van der Waals surface area contributed by atoms with E-state index in [4.69, 9.17) is 9.94 Å². The Hall–Kier alpha value is -2.46. The van der Waals surface area contributed by atoms with Gasteiger partial charge in [-0.25, -0.2) is 13.9 Å². The van der Waals surface area contributed by atoms with E-state index in [0.717, 1.165) is 0 Å². The molecule has 9 heteroatoms. The van der Waals surface area contributed by atoms with Crippen molar-refractivity contribution in [1.82, 2.24) is 15.1 Å². The van der Waals surface area contributed by atoms with Crippen LogP contribution in [0.15, 0.2) is 59.5 Å². The number of hydrogen-bond donors (Lipinski definition) is 3. The number of carbonyl (C=O) groups is 1. The quantitative estimate of drug-likeness (QED) is 0.529. The summed E-state index contributed by atoms with van der Waals surface area (Å²) < 4.78 is 32.4. The van der Waals surface area contributed by atoms with Crippen molar-refractivity contribution in [3.63, 3.8) is 0 Å². The monoisotopic (exact) mass is 377 g/mol. The number of para-hydroxylation sites is 1. The number of hydrogen-bond acceptors (Lipinski definition) is 6. The third-order valence-corrected chi connectivity index (χ3v) is 5.88. The zero-order valence-electron chi connectivity index (χ0n) is 13.8. The van der Waals surface area contributed by atoms with Gasteiger partial charge in [-0.2, -0.15) is 4.31 Å². The number of rotatable bonds is 5. The summed E-state index contributed by atoms with van der Waals surface area (Å²) in [7, 11) is -3.75. The fourth-order valence-electron chi connectivity index (χ4n) is 2.65. The summed E-state index contributed by atoms with van der Waals surface area (Å²) >= 11 is 0. The standard InChI is InChI=1S/C17H19N3O5S/c21-17(19-22)16-12-20(11-10-18-16)26(23,24)15-8-6-14(7-9-15)25-13-4-2-1-3-5-13/h1-9,16,18,22H,10-12H2,(H,19,21). The van der Waals surface area contributed by atoms with Gasteiger partial charge in [0.2, 0.25) is 10.0 Å². The van der Waals surface area contributed by atoms with Crippen LogP contribution in [0.25, 0.3) is 0 Å². The molecule has 0 saturated carbocycles. The fourth-order valence-corrected chi connectivity index (χ4v) is 4.10. The number of sulfonamides is 1. The molecule has 1 atom stereocenters. The van der Waals surface area contributed by atoms with Gasteiger partial charge in [-0.05, 0) is 36.4 Å². The van der Waals surface area contributed by atoms with Gasteiger partial charge < -0.3 is 10.1 Å². The first-order chi connectivity index (χ1) is 12.5. The minimum absolute atomic E-state index is 0.0585. The number of ether oxygens (including phenoxy) is 1. The highest BCUT2D eigenvalue weighted by Crippen LogP contribution is 2.24. The normalized spacial score (nSPS) is 18.3. The Morgan fingerprint density at radius 3 is 2.42 bits per heavy atom. The number of nitrogens with one attached hydrogen (secondary N) is 2. The van der Waals surface area contributed by atoms with E-state index in [9.17, 15) is 13.2 Å². The van der Waals surface area contributed by atoms with E-state index in [1.54, 1.807) is 24.3 Å². The molecule has 0 spiro atoms. The van der Waals surface area contributed by atoms with Crippen LogP contribution in [0.4, 0.5) is 0 Å². The van der Waals surface area contributed by atoms with E-state index < -0.39 is 22.0 Å². The number of amides is 1. The molecule has 2 aromatic carbocycles. The summed E-state index contributed by atoms with van der Waals surface area (Å²) in [5, 5.41) is 11.6. The van der Waals surface area contributed by atoms with Crippen molar-refractivity contribution < 1.29 is 23.2 Å². The van der Waals surface area contributed by atoms with Crippen LogP contribution in [-0.4, -0.2) is 49.5 Å². The summed E-state index contributed by atoms with van der Waals surface area (Å²) in [6.45, 7) is 0.489. The molecule has 1 saturated heterocycles. The molecule has 2 aromatic rings. The van der Waals surface area contributed by atoms with Gasteiger partial charge in [0.05, 0.1) is 4.90 Å². The van der Waals surface area contributed by atoms with Crippen molar-refractivity contribution in [3.8, 4) is 11.5 Å². The maximum atomic E-state index is 12.8. The Bertz CT molecular complexity index is 856. The number of hydroxylamine groups is 1. The number of carbonyl (C=O) groups excluding carboxylic acids is 1. The minimum atomic E-state index is -3.75. The zero-order chi connectivity index (χ0) is 18.6. The molecule has 1 aliphatic rings. The summed E-state index contributed by atoms with van der Waals surface area (Å²) in [6.07, 6.45) is 0. The first kappa shape index (κ1) is 18.3. The van der Waals surface area contributed by atoms with Crippen LogP contribution in [0.1, 0.15) is 0 Å². The Kier molecular flexibility index (Phi) is 5.52. The second-order valence-electron chi connectivity index (χ2n) is 5.73. The topological polar surface area (TPSA) is 108 Å². The Labute approximate surface area is 151 Å². The van der Waals surface area contributed by atoms with Crippen LogP contribution >= 0.6 is 0 Å². The van der Waals surface area contributed by atoms with Crippen molar-refractivity contribution in [2.24, 2.45) is 0 Å². The van der Waals surface area contributed by atoms with Crippen molar-refractivity contribution in [1.29, 1.82) is 0 Å². The Balaban J connectivity index is 1.74. The summed E-state index contributed by atoms with van der Waals surface area (Å²) in [4.78, 5) is 11.6. The van der Waals surface area contributed by atoms with Crippen LogP contribution < -0.4 is 15.5 Å². The van der Waals surface area contributed by atoms with Gasteiger partial charge in [0.25, 0.3) is 5.91 Å². The molecule has 1 heterocycles. The maximum absolute atomic E-state index is 12.8. The molecule has 0 bridgehead atoms. The number of nitrogens with zero attached hydrogens (tertiary/aromatic N) is 1. The highest BCUT2D eigenvalue weighted by Gasteiger charge is 2.33. The Morgan fingerprint density at radius 2 is 1.77 bits per heavy atom. The average Bonchev–Trinajstić information content (AvgIpc) is 2.68. The largest absolute Gasteiger partial charge is 0.457 e. The van der Waals surface area contributed by atoms with Gasteiger partial charge >= 0.3 is 0 Å². The molecule has 1 fully saturated rings. The van der Waals surface area contributed by atoms with Gasteiger partial charge in [0, 0.05) is 19.6 Å². The lowest BCUT2D eigenvalue weighted by atomic mass is 10.2. The average molecular weight is 377 g/mol. The molecule has 0 aromatic heterocycles. The van der Waals surface area contributed by atoms with Gasteiger partial charge in [0.15, 0.2) is 0 Å². The van der Waals surface area contributed by atoms with E-state index in [0.29, 0.717) is 18.0 Å². The molecule has 1 amide bonds. The fraction of sp³-hybridized carbons (Fsp3) is 0.235. The molecule has 1 aliphatic heterocycles. The molecular weight excluding hydrogens is 358 g/mol. The predicted octanol–water partition coefficient (Wildman–Crippen LogP) is 0.947. The van der Waals surface area contributed by atoms with Crippen LogP contribution in [0.3, 0.4) is 0 Å². The molecule has 0 aliphatic carbocycles. The first-order valence-corrected chi connectivity index (χ1v) is 9.45. The summed E-state index contributed by atoms with van der Waals surface area (Å²) in [6, 6.07) is 14.5. The van der Waals surface area contributed by atoms with Gasteiger partial charge in [-0.3, -0.25) is 10.0 Å². The first-order valence-electron chi connectivity index (χ1n) is 8.01. The molecule has 8 nitrogen and oxygen atoms in total. The SMILES string of the molecule is O=C(NO)C1CN(S(=O)(=O)c2ccc(Oc3ccccc3)cc2)CCN1. The molecule has 26 heavy (non-hydrogen) atoms. The molecule has 0 radical (unpaired) electrons. The number of benzene rings is 2. The number of piperazine rings is 1. The van der Waals surface area contributed by atoms with E-state index in [1.807, 2.05) is 18.2 Å². The summed E-state index contributed by atoms with van der Waals surface area (Å²) in [5.74, 6) is 0.507. The van der Waals surface area contributed by atoms with E-state index >= 15 is 0 Å². The van der Waals surface area contributed by atoms with Crippen molar-refractivity contribution in [3.05, 3.63) is 54.6 Å². The molecule has 3 N–H and O–H groups in total. The van der Waals surface area contributed by atoms with Gasteiger partial charge in [-0.1, -0.05) is 18.2 Å². The lowest BCUT2D eigenvalue weighted by molar-refractivity contribution is -0.132. The lowest BCUT2D eigenvalue weighted by Crippen LogP contribution is -2.57. The van der Waals surface area contributed by atoms with Crippen molar-refractivity contribution >= 4 is 15.9 Å². The van der Waals surface area contributed by atoms with Gasteiger partial charge in [-0.15, -0.1) is 0 Å². The highest BCUT2D eigenvalue weighted by molar-refractivity contribution is 7.89. The molecular formula is C17H19N3O5S. The third-order valence-electron chi connectivity index (χ3n) is 4.01. The second-order valence-corrected chi connectivity index (χ2v) is 7.67. The van der Waals surface area contributed by atoms with Crippen molar-refractivity contribution in [2.75, 3.05) is 19.6 Å². The van der Waals surface area contributed by atoms with E-state index in [-0.39, 0.29) is 18.0 Å². The van der Waals surface area contributed by atoms with Crippen LogP contribution in [0.5, 0.6) is 11.5 Å².